The van der Waals surface area contributed by atoms with Crippen LogP contribution in [0.25, 0.3) is 0 Å². The van der Waals surface area contributed by atoms with Crippen LogP contribution in [0.3, 0.4) is 0 Å². The van der Waals surface area contributed by atoms with E-state index in [1.54, 1.807) is 6.92 Å². The van der Waals surface area contributed by atoms with Gasteiger partial charge in [-0.1, -0.05) is 64.7 Å². The monoisotopic (exact) mass is 340 g/mol. The number of carboxylic acids is 1. The molecule has 0 saturated heterocycles. The summed E-state index contributed by atoms with van der Waals surface area (Å²) in [5, 5.41) is 9.23. The quantitative estimate of drug-likeness (QED) is 0.323. The summed E-state index contributed by atoms with van der Waals surface area (Å²) in [5.41, 5.74) is 0. The van der Waals surface area contributed by atoms with Crippen molar-refractivity contribution in [1.82, 2.24) is 0 Å². The van der Waals surface area contributed by atoms with Gasteiger partial charge < -0.3 is 9.84 Å². The van der Waals surface area contributed by atoms with Gasteiger partial charge in [-0.2, -0.15) is 0 Å². The highest BCUT2D eigenvalue weighted by Gasteiger charge is 2.27. The maximum absolute atomic E-state index is 12.0. The summed E-state index contributed by atoms with van der Waals surface area (Å²) in [5.74, 6) is -0.841. The fraction of sp³-hybridized carbons (Fsp3) is 0.900. The molecule has 0 radical (unpaired) electrons. The average molecular weight is 341 g/mol. The van der Waals surface area contributed by atoms with E-state index in [1.165, 1.54) is 44.9 Å². The van der Waals surface area contributed by atoms with Crippen molar-refractivity contribution in [3.05, 3.63) is 0 Å². The van der Waals surface area contributed by atoms with Crippen LogP contribution in [-0.4, -0.2) is 23.1 Å². The number of hydrogen-bond acceptors (Lipinski definition) is 3. The maximum Gasteiger partial charge on any atom is 0.309 e. The number of carbonyl (C=O) groups is 2. The van der Waals surface area contributed by atoms with Crippen LogP contribution in [0.1, 0.15) is 97.3 Å². The van der Waals surface area contributed by atoms with E-state index in [-0.39, 0.29) is 5.97 Å². The Morgan fingerprint density at radius 3 is 2.33 bits per heavy atom. The summed E-state index contributed by atoms with van der Waals surface area (Å²) in [6.07, 6.45) is 13.4. The normalized spacial score (nSPS) is 16.6. The summed E-state index contributed by atoms with van der Waals surface area (Å²) in [4.78, 5) is 23.2. The number of aliphatic carboxylic acids is 1. The van der Waals surface area contributed by atoms with Crippen LogP contribution in [0.2, 0.25) is 0 Å². The van der Waals surface area contributed by atoms with E-state index in [4.69, 9.17) is 4.74 Å². The third-order valence-corrected chi connectivity index (χ3v) is 5.01. The zero-order chi connectivity index (χ0) is 17.8. The summed E-state index contributed by atoms with van der Waals surface area (Å²) in [6, 6.07) is 0. The SMILES string of the molecule is CCCCCCCCC(OC(=O)CCCCC1CC1)C(C)C(=O)O. The molecule has 1 fully saturated rings. The van der Waals surface area contributed by atoms with Gasteiger partial charge >= 0.3 is 11.9 Å². The van der Waals surface area contributed by atoms with Gasteiger partial charge in [-0.05, 0) is 32.1 Å². The molecule has 0 spiro atoms. The van der Waals surface area contributed by atoms with Gasteiger partial charge in [0.2, 0.25) is 0 Å². The standard InChI is InChI=1S/C20H36O4/c1-3-4-5-6-7-8-12-18(16(2)20(22)23)24-19(21)13-10-9-11-17-14-15-17/h16-18H,3-15H2,1-2H3,(H,22,23). The number of carbonyl (C=O) groups excluding carboxylic acids is 1. The smallest absolute Gasteiger partial charge is 0.309 e. The molecule has 2 atom stereocenters. The van der Waals surface area contributed by atoms with Crippen molar-refractivity contribution in [2.75, 3.05) is 0 Å². The highest BCUT2D eigenvalue weighted by molar-refractivity contribution is 5.72. The van der Waals surface area contributed by atoms with Gasteiger partial charge in [0.25, 0.3) is 0 Å². The number of esters is 1. The Kier molecular flexibility index (Phi) is 10.8. The Balaban J connectivity index is 2.23. The minimum absolute atomic E-state index is 0.227. The number of unbranched alkanes of at least 4 members (excludes halogenated alkanes) is 6. The maximum atomic E-state index is 12.0. The highest BCUT2D eigenvalue weighted by atomic mass is 16.5. The van der Waals surface area contributed by atoms with Crippen molar-refractivity contribution in [2.24, 2.45) is 11.8 Å². The van der Waals surface area contributed by atoms with Crippen molar-refractivity contribution in [3.8, 4) is 0 Å². The Bertz CT molecular complexity index is 363. The van der Waals surface area contributed by atoms with Crippen LogP contribution >= 0.6 is 0 Å². The lowest BCUT2D eigenvalue weighted by Crippen LogP contribution is -2.30. The van der Waals surface area contributed by atoms with E-state index < -0.39 is 18.0 Å². The molecule has 0 aromatic heterocycles. The van der Waals surface area contributed by atoms with Crippen LogP contribution in [-0.2, 0) is 14.3 Å². The molecule has 1 saturated carbocycles. The number of carboxylic acid groups (broad SMARTS) is 1. The van der Waals surface area contributed by atoms with Crippen molar-refractivity contribution in [3.63, 3.8) is 0 Å². The lowest BCUT2D eigenvalue weighted by Gasteiger charge is -2.21. The first-order valence-corrected chi connectivity index (χ1v) is 9.96. The van der Waals surface area contributed by atoms with Crippen molar-refractivity contribution >= 4 is 11.9 Å². The molecule has 1 N–H and O–H groups in total. The van der Waals surface area contributed by atoms with Crippen molar-refractivity contribution in [1.29, 1.82) is 0 Å². The predicted molar refractivity (Wildman–Crippen MR) is 95.9 cm³/mol. The lowest BCUT2D eigenvalue weighted by molar-refractivity contribution is -0.158. The molecule has 140 valence electrons. The average Bonchev–Trinajstić information content (AvgIpc) is 3.37. The van der Waals surface area contributed by atoms with Crippen molar-refractivity contribution < 1.29 is 19.4 Å². The zero-order valence-corrected chi connectivity index (χ0v) is 15.6. The fourth-order valence-electron chi connectivity index (χ4n) is 3.03. The Morgan fingerprint density at radius 2 is 1.71 bits per heavy atom. The van der Waals surface area contributed by atoms with E-state index in [0.29, 0.717) is 12.8 Å². The molecule has 2 unspecified atom stereocenters. The molecule has 1 rings (SSSR count). The molecule has 24 heavy (non-hydrogen) atoms. The van der Waals surface area contributed by atoms with E-state index in [1.807, 2.05) is 0 Å². The summed E-state index contributed by atoms with van der Waals surface area (Å²) in [7, 11) is 0. The minimum atomic E-state index is -0.882. The van der Waals surface area contributed by atoms with Gasteiger partial charge in [0.1, 0.15) is 6.10 Å². The third-order valence-electron chi connectivity index (χ3n) is 5.01. The Morgan fingerprint density at radius 1 is 1.04 bits per heavy atom. The first-order valence-electron chi connectivity index (χ1n) is 9.96. The van der Waals surface area contributed by atoms with Crippen LogP contribution < -0.4 is 0 Å². The van der Waals surface area contributed by atoms with Gasteiger partial charge in [-0.3, -0.25) is 9.59 Å². The van der Waals surface area contributed by atoms with E-state index in [2.05, 4.69) is 6.92 Å². The van der Waals surface area contributed by atoms with Gasteiger partial charge in [-0.15, -0.1) is 0 Å². The lowest BCUT2D eigenvalue weighted by atomic mass is 9.98. The summed E-state index contributed by atoms with van der Waals surface area (Å²) in [6.45, 7) is 3.83. The first-order chi connectivity index (χ1) is 11.5. The molecule has 0 heterocycles. The van der Waals surface area contributed by atoms with Crippen LogP contribution in [0.5, 0.6) is 0 Å². The molecule has 0 aromatic carbocycles. The highest BCUT2D eigenvalue weighted by Crippen LogP contribution is 2.34. The molecule has 4 nitrogen and oxygen atoms in total. The predicted octanol–water partition coefficient (Wildman–Crippen LogP) is 5.34. The van der Waals surface area contributed by atoms with Gasteiger partial charge in [0.05, 0.1) is 5.92 Å². The van der Waals surface area contributed by atoms with Crippen LogP contribution in [0, 0.1) is 11.8 Å². The summed E-state index contributed by atoms with van der Waals surface area (Å²) < 4.78 is 5.50. The molecule has 0 bridgehead atoms. The third kappa shape index (κ3) is 9.94. The molecule has 4 heteroatoms. The molecule has 0 aromatic rings. The number of hydrogen-bond donors (Lipinski definition) is 1. The molecule has 1 aliphatic rings. The number of ether oxygens (including phenoxy) is 1. The molecule has 1 aliphatic carbocycles. The zero-order valence-electron chi connectivity index (χ0n) is 15.6. The second-order valence-electron chi connectivity index (χ2n) is 7.40. The topological polar surface area (TPSA) is 63.6 Å². The van der Waals surface area contributed by atoms with E-state index in [0.717, 1.165) is 31.6 Å². The van der Waals surface area contributed by atoms with Crippen molar-refractivity contribution in [2.45, 2.75) is 103 Å². The Hall–Kier alpha value is -1.06. The first kappa shape index (κ1) is 21.0. The van der Waals surface area contributed by atoms with E-state index >= 15 is 0 Å². The largest absolute Gasteiger partial charge is 0.481 e. The molecular weight excluding hydrogens is 304 g/mol. The van der Waals surface area contributed by atoms with Crippen LogP contribution in [0.15, 0.2) is 0 Å². The van der Waals surface area contributed by atoms with Gasteiger partial charge in [-0.25, -0.2) is 0 Å². The Labute approximate surface area is 147 Å². The van der Waals surface area contributed by atoms with Crippen LogP contribution in [0.4, 0.5) is 0 Å². The van der Waals surface area contributed by atoms with Gasteiger partial charge in [0, 0.05) is 6.42 Å². The summed E-state index contributed by atoms with van der Waals surface area (Å²) >= 11 is 0. The second-order valence-corrected chi connectivity index (χ2v) is 7.40. The molecule has 0 amide bonds. The number of rotatable bonds is 15. The van der Waals surface area contributed by atoms with E-state index in [9.17, 15) is 14.7 Å². The fourth-order valence-corrected chi connectivity index (χ4v) is 3.03. The minimum Gasteiger partial charge on any atom is -0.481 e. The second kappa shape index (κ2) is 12.3. The van der Waals surface area contributed by atoms with Gasteiger partial charge in [0.15, 0.2) is 0 Å². The molecule has 0 aliphatic heterocycles. The molecular formula is C20H36O4.